The minimum atomic E-state index is -2.55. The molecule has 0 bridgehead atoms. The first-order valence-corrected chi connectivity index (χ1v) is 13.2. The first-order chi connectivity index (χ1) is 16.7. The molecule has 1 amide bonds. The number of Topliss-reactive ketones (excluding diaryl/α,β-unsaturated/α-hetero) is 1. The van der Waals surface area contributed by atoms with E-state index < -0.39 is 41.5 Å². The molecule has 6 atom stereocenters. The maximum atomic E-state index is 13.3. The summed E-state index contributed by atoms with van der Waals surface area (Å²) in [5, 5.41) is 11.0. The third-order valence-electron chi connectivity index (χ3n) is 7.07. The van der Waals surface area contributed by atoms with Gasteiger partial charge in [-0.3, -0.25) is 9.59 Å². The number of esters is 1. The fourth-order valence-corrected chi connectivity index (χ4v) is 4.88. The lowest BCUT2D eigenvalue weighted by Crippen LogP contribution is -2.59. The molecule has 3 rings (SSSR count). The number of benzene rings is 1. The molecule has 7 nitrogen and oxygen atoms in total. The smallest absolute Gasteiger partial charge is 0.329 e. The summed E-state index contributed by atoms with van der Waals surface area (Å²) in [6.07, 6.45) is 3.00. The summed E-state index contributed by atoms with van der Waals surface area (Å²) in [7, 11) is 0. The Bertz CT molecular complexity index is 843. The molecule has 2 fully saturated rings. The minimum Gasteiger partial charge on any atom is -0.461 e. The zero-order valence-corrected chi connectivity index (χ0v) is 22.2. The highest BCUT2D eigenvalue weighted by Crippen LogP contribution is 2.31. The molecule has 2 heterocycles. The van der Waals surface area contributed by atoms with Crippen LogP contribution in [0.4, 0.5) is 0 Å². The van der Waals surface area contributed by atoms with Gasteiger partial charge in [-0.1, -0.05) is 58.0 Å². The third kappa shape index (κ3) is 6.91. The molecule has 2 saturated heterocycles. The molecule has 0 aromatic heterocycles. The van der Waals surface area contributed by atoms with Gasteiger partial charge >= 0.3 is 11.8 Å². The predicted molar refractivity (Wildman–Crippen MR) is 134 cm³/mol. The summed E-state index contributed by atoms with van der Waals surface area (Å²) in [6.45, 7) is 11.6. The van der Waals surface area contributed by atoms with Crippen LogP contribution >= 0.6 is 0 Å². The average Bonchev–Trinajstić information content (AvgIpc) is 3.33. The molecule has 2 aliphatic heterocycles. The summed E-state index contributed by atoms with van der Waals surface area (Å²) in [6, 6.07) is 9.23. The van der Waals surface area contributed by atoms with Crippen LogP contribution in [0.25, 0.3) is 0 Å². The van der Waals surface area contributed by atoms with Crippen molar-refractivity contribution < 1.29 is 29.0 Å². The molecule has 0 radical (unpaired) electrons. The van der Waals surface area contributed by atoms with Crippen molar-refractivity contribution in [3.8, 4) is 0 Å². The Kier molecular flexibility index (Phi) is 10.9. The molecule has 196 valence electrons. The number of ether oxygens (including phenoxy) is 2. The molecule has 1 aromatic carbocycles. The van der Waals surface area contributed by atoms with Crippen molar-refractivity contribution in [1.29, 1.82) is 0 Å². The van der Waals surface area contributed by atoms with Crippen LogP contribution in [0.1, 0.15) is 79.2 Å². The van der Waals surface area contributed by atoms with Gasteiger partial charge in [-0.25, -0.2) is 4.79 Å². The fourth-order valence-electron chi connectivity index (χ4n) is 4.88. The van der Waals surface area contributed by atoms with Crippen molar-refractivity contribution in [3.63, 3.8) is 0 Å². The topological polar surface area (TPSA) is 93.1 Å². The van der Waals surface area contributed by atoms with E-state index in [1.807, 2.05) is 39.0 Å². The number of aliphatic hydroxyl groups is 1. The van der Waals surface area contributed by atoms with Crippen LogP contribution in [-0.2, 0) is 30.3 Å². The quantitative estimate of drug-likeness (QED) is 0.454. The summed E-state index contributed by atoms with van der Waals surface area (Å²) in [5.41, 5.74) is 1.18. The van der Waals surface area contributed by atoms with E-state index in [1.54, 1.807) is 13.8 Å². The number of hydrogen-bond acceptors (Lipinski definition) is 6. The molecule has 1 aromatic rings. The van der Waals surface area contributed by atoms with Crippen molar-refractivity contribution in [2.24, 2.45) is 11.8 Å². The zero-order chi connectivity index (χ0) is 26.2. The van der Waals surface area contributed by atoms with Gasteiger partial charge < -0.3 is 19.5 Å². The molecule has 7 heteroatoms. The molecule has 6 unspecified atom stereocenters. The molecule has 0 aliphatic carbocycles. The summed E-state index contributed by atoms with van der Waals surface area (Å²) in [4.78, 5) is 40.5. The normalized spacial score (nSPS) is 28.4. The van der Waals surface area contributed by atoms with Gasteiger partial charge in [0.15, 0.2) is 0 Å². The van der Waals surface area contributed by atoms with Crippen molar-refractivity contribution in [2.75, 3.05) is 6.54 Å². The number of hydrogen-bond donors (Lipinski definition) is 1. The van der Waals surface area contributed by atoms with Gasteiger partial charge in [-0.2, -0.15) is 0 Å². The largest absolute Gasteiger partial charge is 0.461 e. The molecule has 35 heavy (non-hydrogen) atoms. The van der Waals surface area contributed by atoms with Gasteiger partial charge in [-0.15, -0.1) is 0 Å². The number of nitrogens with zero attached hydrogens (tertiary/aromatic N) is 1. The van der Waals surface area contributed by atoms with Gasteiger partial charge in [0.05, 0.1) is 6.10 Å². The lowest BCUT2D eigenvalue weighted by molar-refractivity contribution is -0.225. The Morgan fingerprint density at radius 2 is 1.83 bits per heavy atom. The van der Waals surface area contributed by atoms with E-state index in [0.29, 0.717) is 25.7 Å². The summed E-state index contributed by atoms with van der Waals surface area (Å²) < 4.78 is 11.4. The standard InChI is InChI=1S/C26H37NO6.C2H6/c1-5-21(16-20-10-7-6-8-11-20)19(4)32-24(29)22-12-9-15-27(22)25(30)26(31)23(28)17(2)13-14-18(3)33-26;1-2/h6-8,10-11,17-19,21-22,31H,5,9,12-16H2,1-4H3;1-2H3. The highest BCUT2D eigenvalue weighted by molar-refractivity contribution is 6.09. The second kappa shape index (κ2) is 13.2. The molecular weight excluding hydrogens is 446 g/mol. The van der Waals surface area contributed by atoms with Gasteiger partial charge in [0.2, 0.25) is 5.78 Å². The van der Waals surface area contributed by atoms with Gasteiger partial charge in [0.25, 0.3) is 5.91 Å². The molecule has 2 aliphatic rings. The minimum absolute atomic E-state index is 0.138. The lowest BCUT2D eigenvalue weighted by atomic mass is 9.92. The summed E-state index contributed by atoms with van der Waals surface area (Å²) in [5.74, 6) is -4.90. The van der Waals surface area contributed by atoms with E-state index in [4.69, 9.17) is 9.47 Å². The Balaban J connectivity index is 0.00000210. The molecule has 1 N–H and O–H groups in total. The van der Waals surface area contributed by atoms with Crippen LogP contribution in [-0.4, -0.2) is 58.2 Å². The monoisotopic (exact) mass is 489 g/mol. The van der Waals surface area contributed by atoms with E-state index in [1.165, 1.54) is 10.5 Å². The highest BCUT2D eigenvalue weighted by atomic mass is 16.6. The second-order valence-electron chi connectivity index (χ2n) is 9.57. The summed E-state index contributed by atoms with van der Waals surface area (Å²) >= 11 is 0. The van der Waals surface area contributed by atoms with Gasteiger partial charge in [0.1, 0.15) is 12.1 Å². The maximum Gasteiger partial charge on any atom is 0.329 e. The van der Waals surface area contributed by atoms with Gasteiger partial charge in [0, 0.05) is 12.5 Å². The van der Waals surface area contributed by atoms with Crippen molar-refractivity contribution >= 4 is 17.7 Å². The number of ketones is 1. The number of amides is 1. The van der Waals surface area contributed by atoms with E-state index in [2.05, 4.69) is 19.1 Å². The maximum absolute atomic E-state index is 13.3. The van der Waals surface area contributed by atoms with Crippen molar-refractivity contribution in [2.45, 2.75) is 104 Å². The van der Waals surface area contributed by atoms with Crippen LogP contribution in [0.2, 0.25) is 0 Å². The van der Waals surface area contributed by atoms with Gasteiger partial charge in [-0.05, 0) is 63.9 Å². The van der Waals surface area contributed by atoms with Crippen LogP contribution < -0.4 is 0 Å². The van der Waals surface area contributed by atoms with Crippen LogP contribution in [0.5, 0.6) is 0 Å². The van der Waals surface area contributed by atoms with Crippen molar-refractivity contribution in [3.05, 3.63) is 35.9 Å². The number of carbonyl (C=O) groups is 3. The SMILES string of the molecule is CC.CCC(Cc1ccccc1)C(C)OC(=O)C1CCCN1C(=O)C1(O)OC(C)CCC(C)C1=O. The highest BCUT2D eigenvalue weighted by Gasteiger charge is 2.54. The lowest BCUT2D eigenvalue weighted by Gasteiger charge is -2.34. The Labute approximate surface area is 210 Å². The number of likely N-dealkylation sites (tertiary alicyclic amines) is 1. The van der Waals surface area contributed by atoms with Crippen LogP contribution in [0, 0.1) is 11.8 Å². The Morgan fingerprint density at radius 3 is 2.46 bits per heavy atom. The molecule has 0 spiro atoms. The Hall–Kier alpha value is -2.25. The number of rotatable bonds is 7. The predicted octanol–water partition coefficient (Wildman–Crippen LogP) is 4.30. The van der Waals surface area contributed by atoms with Crippen LogP contribution in [0.15, 0.2) is 30.3 Å². The van der Waals surface area contributed by atoms with E-state index in [-0.39, 0.29) is 18.6 Å². The first-order valence-electron chi connectivity index (χ1n) is 13.2. The Morgan fingerprint density at radius 1 is 1.17 bits per heavy atom. The van der Waals surface area contributed by atoms with E-state index in [0.717, 1.165) is 12.8 Å². The van der Waals surface area contributed by atoms with Crippen molar-refractivity contribution in [1.82, 2.24) is 4.90 Å². The first kappa shape index (κ1) is 29.0. The molecular formula is C28H43NO6. The second-order valence-corrected chi connectivity index (χ2v) is 9.57. The third-order valence-corrected chi connectivity index (χ3v) is 7.07. The molecule has 0 saturated carbocycles. The van der Waals surface area contributed by atoms with Crippen LogP contribution in [0.3, 0.4) is 0 Å². The fraction of sp³-hybridized carbons (Fsp3) is 0.679. The van der Waals surface area contributed by atoms with E-state index >= 15 is 0 Å². The zero-order valence-electron chi connectivity index (χ0n) is 22.2. The van der Waals surface area contributed by atoms with E-state index in [9.17, 15) is 19.5 Å². The average molecular weight is 490 g/mol. The number of carbonyl (C=O) groups excluding carboxylic acids is 3.